The lowest BCUT2D eigenvalue weighted by Gasteiger charge is -2.23. The summed E-state index contributed by atoms with van der Waals surface area (Å²) in [6.07, 6.45) is 0. The third kappa shape index (κ3) is 6.71. The molecule has 4 aromatic rings. The van der Waals surface area contributed by atoms with Gasteiger partial charge in [0, 0.05) is 24.5 Å². The van der Waals surface area contributed by atoms with Crippen LogP contribution in [0.15, 0.2) is 72.1 Å². The number of hydrogen-bond acceptors (Lipinski definition) is 6. The van der Waals surface area contributed by atoms with Gasteiger partial charge in [0.05, 0.1) is 26.3 Å². The van der Waals surface area contributed by atoms with Gasteiger partial charge in [-0.2, -0.15) is 0 Å². The maximum atomic E-state index is 13.6. The Labute approximate surface area is 222 Å². The molecule has 0 saturated carbocycles. The molecule has 0 aliphatic rings. The van der Waals surface area contributed by atoms with Crippen LogP contribution in [0.5, 0.6) is 11.5 Å². The predicted molar refractivity (Wildman–Crippen MR) is 139 cm³/mol. The molecule has 0 radical (unpaired) electrons. The van der Waals surface area contributed by atoms with Gasteiger partial charge in [0.25, 0.3) is 11.8 Å². The number of carbonyl (C=O) groups is 2. The molecule has 1 aromatic heterocycles. The van der Waals surface area contributed by atoms with Crippen LogP contribution in [-0.2, 0) is 19.6 Å². The van der Waals surface area contributed by atoms with E-state index in [0.29, 0.717) is 22.1 Å². The van der Waals surface area contributed by atoms with Crippen LogP contribution in [-0.4, -0.2) is 35.9 Å². The van der Waals surface area contributed by atoms with Crippen molar-refractivity contribution in [1.82, 2.24) is 15.2 Å². The number of nitrogens with one attached hydrogen (secondary N) is 1. The van der Waals surface area contributed by atoms with Gasteiger partial charge in [-0.15, -0.1) is 11.3 Å². The highest BCUT2D eigenvalue weighted by Gasteiger charge is 2.23. The third-order valence-corrected chi connectivity index (χ3v) is 6.52. The van der Waals surface area contributed by atoms with Crippen molar-refractivity contribution in [3.8, 4) is 11.5 Å². The minimum absolute atomic E-state index is 0.112. The van der Waals surface area contributed by atoms with E-state index in [1.165, 1.54) is 49.8 Å². The molecule has 38 heavy (non-hydrogen) atoms. The Bertz CT molecular complexity index is 1410. The van der Waals surface area contributed by atoms with Gasteiger partial charge in [0.2, 0.25) is 0 Å². The largest absolute Gasteiger partial charge is 0.497 e. The van der Waals surface area contributed by atoms with E-state index in [4.69, 9.17) is 9.47 Å². The van der Waals surface area contributed by atoms with E-state index in [0.717, 1.165) is 11.1 Å². The van der Waals surface area contributed by atoms with Crippen LogP contribution < -0.4 is 14.8 Å². The summed E-state index contributed by atoms with van der Waals surface area (Å²) in [5, 5.41) is 4.92. The molecule has 0 fully saturated rings. The van der Waals surface area contributed by atoms with Crippen molar-refractivity contribution in [2.45, 2.75) is 19.6 Å². The summed E-state index contributed by atoms with van der Waals surface area (Å²) in [7, 11) is 2.99. The molecular formula is C28H25F2N3O4S. The number of nitrogens with zero attached hydrogens (tertiary/aromatic N) is 2. The number of halogens is 2. The summed E-state index contributed by atoms with van der Waals surface area (Å²) in [6, 6.07) is 16.6. The van der Waals surface area contributed by atoms with E-state index in [2.05, 4.69) is 10.3 Å². The molecule has 196 valence electrons. The van der Waals surface area contributed by atoms with Gasteiger partial charge in [0.1, 0.15) is 33.8 Å². The first-order chi connectivity index (χ1) is 18.4. The fraction of sp³-hybridized carbons (Fsp3) is 0.179. The van der Waals surface area contributed by atoms with Crippen LogP contribution in [0.4, 0.5) is 8.78 Å². The second-order valence-corrected chi connectivity index (χ2v) is 9.23. The van der Waals surface area contributed by atoms with Crippen molar-refractivity contribution in [2.75, 3.05) is 14.2 Å². The first-order valence-electron chi connectivity index (χ1n) is 11.6. The summed E-state index contributed by atoms with van der Waals surface area (Å²) in [6.45, 7) is 0.514. The number of rotatable bonds is 10. The van der Waals surface area contributed by atoms with Crippen molar-refractivity contribution in [1.29, 1.82) is 0 Å². The highest BCUT2D eigenvalue weighted by molar-refractivity contribution is 7.09. The first-order valence-corrected chi connectivity index (χ1v) is 12.5. The number of thiazole rings is 1. The van der Waals surface area contributed by atoms with Crippen LogP contribution in [0.25, 0.3) is 0 Å². The minimum atomic E-state index is -0.384. The van der Waals surface area contributed by atoms with E-state index < -0.39 is 0 Å². The molecule has 0 spiro atoms. The number of carbonyl (C=O) groups excluding carboxylic acids is 2. The maximum Gasteiger partial charge on any atom is 0.271 e. The molecular weight excluding hydrogens is 512 g/mol. The van der Waals surface area contributed by atoms with Crippen LogP contribution in [0.1, 0.15) is 37.0 Å². The summed E-state index contributed by atoms with van der Waals surface area (Å²) in [5.41, 5.74) is 2.01. The number of ether oxygens (including phenoxy) is 2. The Morgan fingerprint density at radius 1 is 0.895 bits per heavy atom. The van der Waals surface area contributed by atoms with Crippen LogP contribution in [0, 0.1) is 11.6 Å². The molecule has 0 aliphatic heterocycles. The monoisotopic (exact) mass is 537 g/mol. The summed E-state index contributed by atoms with van der Waals surface area (Å²) in [5.74, 6) is -0.551. The van der Waals surface area contributed by atoms with Gasteiger partial charge in [-0.1, -0.05) is 24.3 Å². The molecule has 2 amide bonds. The van der Waals surface area contributed by atoms with E-state index in [-0.39, 0.29) is 48.8 Å². The van der Waals surface area contributed by atoms with Crippen molar-refractivity contribution in [3.05, 3.63) is 111 Å². The Hall–Kier alpha value is -4.31. The molecule has 1 N–H and O–H groups in total. The van der Waals surface area contributed by atoms with E-state index in [1.807, 2.05) is 0 Å². The normalized spacial score (nSPS) is 10.6. The zero-order valence-electron chi connectivity index (χ0n) is 20.7. The number of benzene rings is 3. The Kier molecular flexibility index (Phi) is 8.65. The van der Waals surface area contributed by atoms with Gasteiger partial charge in [-0.3, -0.25) is 9.59 Å². The molecule has 0 bridgehead atoms. The van der Waals surface area contributed by atoms with Crippen molar-refractivity contribution < 1.29 is 27.8 Å². The predicted octanol–water partition coefficient (Wildman–Crippen LogP) is 5.21. The molecule has 10 heteroatoms. The van der Waals surface area contributed by atoms with Gasteiger partial charge in [0.15, 0.2) is 0 Å². The zero-order valence-corrected chi connectivity index (χ0v) is 21.6. The lowest BCUT2D eigenvalue weighted by molar-refractivity contribution is 0.0726. The fourth-order valence-electron chi connectivity index (χ4n) is 3.68. The van der Waals surface area contributed by atoms with Gasteiger partial charge < -0.3 is 19.7 Å². The summed E-state index contributed by atoms with van der Waals surface area (Å²) < 4.78 is 37.2. The second-order valence-electron chi connectivity index (χ2n) is 8.29. The molecule has 0 saturated heterocycles. The Balaban J connectivity index is 1.53. The average molecular weight is 538 g/mol. The summed E-state index contributed by atoms with van der Waals surface area (Å²) in [4.78, 5) is 32.2. The van der Waals surface area contributed by atoms with Crippen molar-refractivity contribution in [3.63, 3.8) is 0 Å². The SMILES string of the molecule is COc1ccc(C(=O)N(Cc2ccc(F)cc2)Cc2nc(C(=O)NCc3ccc(F)cc3)cs2)c(OC)c1. The standard InChI is InChI=1S/C28H25F2N3O4S/c1-36-22-11-12-23(25(13-22)37-2)28(35)33(15-19-5-9-21(30)10-6-19)16-26-32-24(17-38-26)27(34)31-14-18-3-7-20(29)8-4-18/h3-13,17H,14-16H2,1-2H3,(H,31,34). The van der Waals surface area contributed by atoms with Crippen molar-refractivity contribution >= 4 is 23.2 Å². The van der Waals surface area contributed by atoms with E-state index in [1.54, 1.807) is 52.7 Å². The summed E-state index contributed by atoms with van der Waals surface area (Å²) >= 11 is 1.24. The maximum absolute atomic E-state index is 13.6. The molecule has 0 unspecified atom stereocenters. The molecule has 3 aromatic carbocycles. The van der Waals surface area contributed by atoms with Gasteiger partial charge in [-0.05, 0) is 47.5 Å². The number of methoxy groups -OCH3 is 2. The number of aromatic nitrogens is 1. The van der Waals surface area contributed by atoms with E-state index in [9.17, 15) is 18.4 Å². The van der Waals surface area contributed by atoms with Crippen molar-refractivity contribution in [2.24, 2.45) is 0 Å². The second kappa shape index (κ2) is 12.3. The highest BCUT2D eigenvalue weighted by atomic mass is 32.1. The Morgan fingerprint density at radius 3 is 2.18 bits per heavy atom. The molecule has 0 atom stereocenters. The third-order valence-electron chi connectivity index (χ3n) is 5.69. The number of hydrogen-bond donors (Lipinski definition) is 1. The molecule has 0 aliphatic carbocycles. The van der Waals surface area contributed by atoms with Gasteiger partial charge in [-0.25, -0.2) is 13.8 Å². The zero-order chi connectivity index (χ0) is 27.1. The topological polar surface area (TPSA) is 80.8 Å². The van der Waals surface area contributed by atoms with Crippen LogP contribution in [0.3, 0.4) is 0 Å². The smallest absolute Gasteiger partial charge is 0.271 e. The fourth-order valence-corrected chi connectivity index (χ4v) is 4.47. The van der Waals surface area contributed by atoms with Gasteiger partial charge >= 0.3 is 0 Å². The highest BCUT2D eigenvalue weighted by Crippen LogP contribution is 2.27. The first kappa shape index (κ1) is 26.7. The van der Waals surface area contributed by atoms with Crippen LogP contribution in [0.2, 0.25) is 0 Å². The van der Waals surface area contributed by atoms with Crippen LogP contribution >= 0.6 is 11.3 Å². The lowest BCUT2D eigenvalue weighted by atomic mass is 10.1. The quantitative estimate of drug-likeness (QED) is 0.300. The van der Waals surface area contributed by atoms with E-state index >= 15 is 0 Å². The molecule has 4 rings (SSSR count). The lowest BCUT2D eigenvalue weighted by Crippen LogP contribution is -2.30. The average Bonchev–Trinajstić information content (AvgIpc) is 3.41. The number of amides is 2. The minimum Gasteiger partial charge on any atom is -0.497 e. The Morgan fingerprint density at radius 2 is 1.55 bits per heavy atom. The molecule has 1 heterocycles. The molecule has 7 nitrogen and oxygen atoms in total.